The Bertz CT molecular complexity index is 1110. The molecule has 0 atom stereocenters. The maximum Gasteiger partial charge on any atom is 0.339 e. The molecule has 1 aromatic heterocycles. The Labute approximate surface area is 179 Å². The number of aliphatic carboxylic acids is 1. The SMILES string of the molecule is COC=C(C(=O)O)c1c(Oc2cccc(-c3ccccc3C)c2)nc(C)nc1SC. The van der Waals surface area contributed by atoms with Gasteiger partial charge in [0.15, 0.2) is 0 Å². The molecule has 0 bridgehead atoms. The van der Waals surface area contributed by atoms with Gasteiger partial charge in [-0.25, -0.2) is 9.78 Å². The fourth-order valence-corrected chi connectivity index (χ4v) is 3.67. The number of rotatable bonds is 7. The van der Waals surface area contributed by atoms with Gasteiger partial charge in [-0.3, -0.25) is 0 Å². The number of nitrogens with zero attached hydrogens (tertiary/aromatic N) is 2. The lowest BCUT2D eigenvalue weighted by Crippen LogP contribution is -2.08. The summed E-state index contributed by atoms with van der Waals surface area (Å²) in [6.07, 6.45) is 2.98. The normalized spacial score (nSPS) is 11.3. The molecule has 0 aliphatic rings. The highest BCUT2D eigenvalue weighted by molar-refractivity contribution is 7.98. The second-order valence-electron chi connectivity index (χ2n) is 6.48. The van der Waals surface area contributed by atoms with E-state index in [-0.39, 0.29) is 17.0 Å². The van der Waals surface area contributed by atoms with Crippen LogP contribution in [0.1, 0.15) is 17.0 Å². The average molecular weight is 423 g/mol. The van der Waals surface area contributed by atoms with Crippen LogP contribution in [0.2, 0.25) is 0 Å². The van der Waals surface area contributed by atoms with Crippen molar-refractivity contribution < 1.29 is 19.4 Å². The molecule has 0 radical (unpaired) electrons. The van der Waals surface area contributed by atoms with E-state index in [1.54, 1.807) is 6.92 Å². The minimum absolute atomic E-state index is 0.0769. The highest BCUT2D eigenvalue weighted by atomic mass is 32.2. The number of aromatic nitrogens is 2. The maximum absolute atomic E-state index is 11.9. The summed E-state index contributed by atoms with van der Waals surface area (Å²) < 4.78 is 11.1. The van der Waals surface area contributed by atoms with Gasteiger partial charge >= 0.3 is 5.97 Å². The number of hydrogen-bond donors (Lipinski definition) is 1. The highest BCUT2D eigenvalue weighted by Gasteiger charge is 2.24. The van der Waals surface area contributed by atoms with Crippen molar-refractivity contribution in [3.8, 4) is 22.8 Å². The molecule has 30 heavy (non-hydrogen) atoms. The Morgan fingerprint density at radius 2 is 1.87 bits per heavy atom. The molecule has 7 heteroatoms. The molecular formula is C23H22N2O4S. The van der Waals surface area contributed by atoms with Gasteiger partial charge in [0.25, 0.3) is 0 Å². The standard InChI is InChI=1S/C23H22N2O4S/c1-14-8-5-6-11-18(14)16-9-7-10-17(12-16)29-21-20(19(13-28-3)23(26)27)22(30-4)25-15(2)24-21/h5-13H,1-4H3,(H,26,27). The van der Waals surface area contributed by atoms with Crippen LogP contribution in [0.3, 0.4) is 0 Å². The van der Waals surface area contributed by atoms with Crippen LogP contribution in [0.5, 0.6) is 11.6 Å². The lowest BCUT2D eigenvalue weighted by Gasteiger charge is -2.15. The minimum Gasteiger partial charge on any atom is -0.503 e. The summed E-state index contributed by atoms with van der Waals surface area (Å²) >= 11 is 1.32. The Morgan fingerprint density at radius 3 is 2.53 bits per heavy atom. The summed E-state index contributed by atoms with van der Waals surface area (Å²) in [6.45, 7) is 3.79. The number of hydrogen-bond acceptors (Lipinski definition) is 6. The van der Waals surface area contributed by atoms with Gasteiger partial charge in [0.2, 0.25) is 5.88 Å². The first-order valence-corrected chi connectivity index (χ1v) is 10.4. The molecule has 0 saturated carbocycles. The van der Waals surface area contributed by atoms with Gasteiger partial charge in [-0.1, -0.05) is 36.4 Å². The molecule has 3 rings (SSSR count). The third-order valence-corrected chi connectivity index (χ3v) is 5.07. The predicted octanol–water partition coefficient (Wildman–Crippen LogP) is 5.35. The molecular weight excluding hydrogens is 400 g/mol. The van der Waals surface area contributed by atoms with Crippen LogP contribution in [0, 0.1) is 13.8 Å². The van der Waals surface area contributed by atoms with E-state index >= 15 is 0 Å². The van der Waals surface area contributed by atoms with Crippen LogP contribution in [0.4, 0.5) is 0 Å². The largest absolute Gasteiger partial charge is 0.503 e. The first kappa shape index (κ1) is 21.4. The molecule has 1 heterocycles. The van der Waals surface area contributed by atoms with E-state index in [2.05, 4.69) is 9.97 Å². The summed E-state index contributed by atoms with van der Waals surface area (Å²) in [4.78, 5) is 20.6. The number of carboxylic acid groups (broad SMARTS) is 1. The number of benzene rings is 2. The average Bonchev–Trinajstić information content (AvgIpc) is 2.72. The van der Waals surface area contributed by atoms with Gasteiger partial charge in [-0.05, 0) is 48.9 Å². The van der Waals surface area contributed by atoms with Crippen LogP contribution in [-0.4, -0.2) is 34.4 Å². The fraction of sp³-hybridized carbons (Fsp3) is 0.174. The van der Waals surface area contributed by atoms with E-state index in [0.717, 1.165) is 23.0 Å². The van der Waals surface area contributed by atoms with Crippen molar-refractivity contribution in [1.82, 2.24) is 9.97 Å². The highest BCUT2D eigenvalue weighted by Crippen LogP contribution is 2.36. The number of carbonyl (C=O) groups is 1. The molecule has 0 unspecified atom stereocenters. The summed E-state index contributed by atoms with van der Waals surface area (Å²) in [5.74, 6) is 0.0391. The van der Waals surface area contributed by atoms with E-state index in [1.807, 2.05) is 61.7 Å². The molecule has 154 valence electrons. The van der Waals surface area contributed by atoms with E-state index in [9.17, 15) is 9.90 Å². The van der Waals surface area contributed by atoms with Gasteiger partial charge in [-0.2, -0.15) is 4.98 Å². The molecule has 6 nitrogen and oxygen atoms in total. The molecule has 0 aliphatic carbocycles. The van der Waals surface area contributed by atoms with E-state index in [1.165, 1.54) is 18.9 Å². The molecule has 1 N–H and O–H groups in total. The number of carboxylic acids is 1. The van der Waals surface area contributed by atoms with Crippen LogP contribution in [0.15, 0.2) is 59.8 Å². The van der Waals surface area contributed by atoms with Crippen LogP contribution >= 0.6 is 11.8 Å². The first-order valence-electron chi connectivity index (χ1n) is 9.17. The molecule has 0 fully saturated rings. The smallest absolute Gasteiger partial charge is 0.339 e. The quantitative estimate of drug-likeness (QED) is 0.238. The van der Waals surface area contributed by atoms with E-state index in [4.69, 9.17) is 9.47 Å². The van der Waals surface area contributed by atoms with Crippen molar-refractivity contribution in [3.05, 3.63) is 71.7 Å². The van der Waals surface area contributed by atoms with Crippen LogP contribution in [0.25, 0.3) is 16.7 Å². The van der Waals surface area contributed by atoms with E-state index < -0.39 is 5.97 Å². The van der Waals surface area contributed by atoms with Crippen molar-refractivity contribution in [3.63, 3.8) is 0 Å². The summed E-state index contributed by atoms with van der Waals surface area (Å²) in [6, 6.07) is 15.7. The molecule has 2 aromatic carbocycles. The lowest BCUT2D eigenvalue weighted by atomic mass is 10.0. The van der Waals surface area contributed by atoms with E-state index in [0.29, 0.717) is 16.6 Å². The van der Waals surface area contributed by atoms with Crippen LogP contribution < -0.4 is 4.74 Å². The number of ether oxygens (including phenoxy) is 2. The van der Waals surface area contributed by atoms with Crippen molar-refractivity contribution in [2.75, 3.05) is 13.4 Å². The van der Waals surface area contributed by atoms with Crippen LogP contribution in [-0.2, 0) is 9.53 Å². The van der Waals surface area contributed by atoms with Crippen molar-refractivity contribution in [2.45, 2.75) is 18.9 Å². The minimum atomic E-state index is -1.15. The Kier molecular flexibility index (Phi) is 6.74. The van der Waals surface area contributed by atoms with Crippen molar-refractivity contribution >= 4 is 23.3 Å². The fourth-order valence-electron chi connectivity index (χ4n) is 3.04. The molecule has 0 amide bonds. The zero-order valence-electron chi connectivity index (χ0n) is 17.2. The van der Waals surface area contributed by atoms with Gasteiger partial charge in [-0.15, -0.1) is 11.8 Å². The monoisotopic (exact) mass is 422 g/mol. The number of methoxy groups -OCH3 is 1. The predicted molar refractivity (Wildman–Crippen MR) is 118 cm³/mol. The van der Waals surface area contributed by atoms with Gasteiger partial charge in [0, 0.05) is 0 Å². The second-order valence-corrected chi connectivity index (χ2v) is 7.27. The topological polar surface area (TPSA) is 81.5 Å². The van der Waals surface area contributed by atoms with Crippen molar-refractivity contribution in [2.24, 2.45) is 0 Å². The maximum atomic E-state index is 11.9. The molecule has 0 spiro atoms. The Hall–Kier alpha value is -3.32. The second kappa shape index (κ2) is 9.45. The third-order valence-electron chi connectivity index (χ3n) is 4.39. The number of thioether (sulfide) groups is 1. The molecule has 0 saturated heterocycles. The molecule has 0 aliphatic heterocycles. The summed E-state index contributed by atoms with van der Waals surface area (Å²) in [5, 5.41) is 10.2. The number of aryl methyl sites for hydroxylation is 2. The Morgan fingerprint density at radius 1 is 1.10 bits per heavy atom. The lowest BCUT2D eigenvalue weighted by molar-refractivity contribution is -0.130. The Balaban J connectivity index is 2.10. The first-order chi connectivity index (χ1) is 14.4. The summed E-state index contributed by atoms with van der Waals surface area (Å²) in [7, 11) is 1.39. The van der Waals surface area contributed by atoms with Gasteiger partial charge in [0.05, 0.1) is 18.9 Å². The molecule has 3 aromatic rings. The zero-order chi connectivity index (χ0) is 21.7. The summed E-state index contributed by atoms with van der Waals surface area (Å²) in [5.41, 5.74) is 3.44. The van der Waals surface area contributed by atoms with Gasteiger partial charge < -0.3 is 14.6 Å². The van der Waals surface area contributed by atoms with Gasteiger partial charge in [0.1, 0.15) is 22.2 Å². The third kappa shape index (κ3) is 4.63. The zero-order valence-corrected chi connectivity index (χ0v) is 18.0. The van der Waals surface area contributed by atoms with Crippen molar-refractivity contribution in [1.29, 1.82) is 0 Å².